The Morgan fingerprint density at radius 3 is 3.00 bits per heavy atom. The van der Waals surface area contributed by atoms with E-state index in [0.717, 1.165) is 19.4 Å². The molecule has 0 bridgehead atoms. The monoisotopic (exact) mass is 293 g/mol. The van der Waals surface area contributed by atoms with Crippen LogP contribution in [0.1, 0.15) is 37.3 Å². The number of hydrogen-bond donors (Lipinski definition) is 2. The minimum atomic E-state index is 0.103. The van der Waals surface area contributed by atoms with Crippen LogP contribution in [0.5, 0.6) is 0 Å². The van der Waals surface area contributed by atoms with Gasteiger partial charge in [-0.15, -0.1) is 0 Å². The van der Waals surface area contributed by atoms with Crippen molar-refractivity contribution in [3.05, 3.63) is 30.1 Å². The van der Waals surface area contributed by atoms with E-state index in [1.807, 2.05) is 24.0 Å². The lowest BCUT2D eigenvalue weighted by atomic mass is 9.77. The number of hydrogen-bond acceptors (Lipinski definition) is 5. The van der Waals surface area contributed by atoms with Crippen molar-refractivity contribution in [2.45, 2.75) is 37.3 Å². The molecule has 110 valence electrons. The Hall–Kier alpha value is -0.620. The predicted octanol–water partition coefficient (Wildman–Crippen LogP) is 2.28. The zero-order valence-corrected chi connectivity index (χ0v) is 12.6. The van der Waals surface area contributed by atoms with Crippen molar-refractivity contribution in [1.29, 1.82) is 0 Å². The van der Waals surface area contributed by atoms with Gasteiger partial charge in [0.05, 0.1) is 11.6 Å². The molecular formula is C15H23N3OS. The van der Waals surface area contributed by atoms with Crippen LogP contribution >= 0.6 is 11.8 Å². The fraction of sp³-hybridized carbons (Fsp3) is 0.667. The fourth-order valence-electron chi connectivity index (χ4n) is 3.51. The highest BCUT2D eigenvalue weighted by atomic mass is 32.2. The first-order valence-electron chi connectivity index (χ1n) is 7.41. The van der Waals surface area contributed by atoms with Gasteiger partial charge in [-0.05, 0) is 54.7 Å². The van der Waals surface area contributed by atoms with Gasteiger partial charge >= 0.3 is 0 Å². The average Bonchev–Trinajstić information content (AvgIpc) is 2.50. The number of rotatable bonds is 3. The van der Waals surface area contributed by atoms with Gasteiger partial charge in [0.25, 0.3) is 0 Å². The molecule has 20 heavy (non-hydrogen) atoms. The minimum Gasteiger partial charge on any atom is -0.375 e. The standard InChI is InChI=1S/C15H23N3OS/c16-18-14(13-2-1-6-17-11-13)12-3-7-19-15(10-12)4-8-20-9-5-15/h1-2,6,11-12,14,18H,3-5,7-10,16H2. The summed E-state index contributed by atoms with van der Waals surface area (Å²) in [7, 11) is 0. The Morgan fingerprint density at radius 2 is 2.30 bits per heavy atom. The number of thioether (sulfide) groups is 1. The molecule has 0 amide bonds. The highest BCUT2D eigenvalue weighted by Gasteiger charge is 2.41. The lowest BCUT2D eigenvalue weighted by molar-refractivity contribution is -0.107. The van der Waals surface area contributed by atoms with E-state index in [1.54, 1.807) is 6.20 Å². The van der Waals surface area contributed by atoms with Crippen LogP contribution < -0.4 is 11.3 Å². The van der Waals surface area contributed by atoms with E-state index in [-0.39, 0.29) is 11.6 Å². The molecule has 0 aromatic carbocycles. The van der Waals surface area contributed by atoms with Crippen LogP contribution in [-0.4, -0.2) is 28.7 Å². The van der Waals surface area contributed by atoms with Gasteiger partial charge in [0.15, 0.2) is 0 Å². The molecule has 2 fully saturated rings. The van der Waals surface area contributed by atoms with Gasteiger partial charge in [-0.1, -0.05) is 6.07 Å². The molecule has 0 aliphatic carbocycles. The normalized spacial score (nSPS) is 27.4. The summed E-state index contributed by atoms with van der Waals surface area (Å²) in [5.41, 5.74) is 4.29. The van der Waals surface area contributed by atoms with Crippen LogP contribution in [-0.2, 0) is 4.74 Å². The Bertz CT molecular complexity index is 417. The number of nitrogens with one attached hydrogen (secondary N) is 1. The van der Waals surface area contributed by atoms with E-state index in [9.17, 15) is 0 Å². The lowest BCUT2D eigenvalue weighted by Gasteiger charge is -2.45. The van der Waals surface area contributed by atoms with Gasteiger partial charge in [-0.25, -0.2) is 0 Å². The van der Waals surface area contributed by atoms with Crippen molar-refractivity contribution in [3.63, 3.8) is 0 Å². The second-order valence-corrected chi connectivity index (χ2v) is 7.05. The quantitative estimate of drug-likeness (QED) is 0.661. The molecule has 2 unspecified atom stereocenters. The molecule has 1 aromatic heterocycles. The van der Waals surface area contributed by atoms with Gasteiger partial charge in [-0.3, -0.25) is 16.3 Å². The molecule has 1 aromatic rings. The zero-order chi connectivity index (χ0) is 13.8. The van der Waals surface area contributed by atoms with Crippen LogP contribution in [0.3, 0.4) is 0 Å². The summed E-state index contributed by atoms with van der Waals surface area (Å²) in [4.78, 5) is 4.22. The number of nitrogens with zero attached hydrogens (tertiary/aromatic N) is 1. The molecule has 0 saturated carbocycles. The molecule has 3 rings (SSSR count). The number of pyridine rings is 1. The third-order valence-corrected chi connectivity index (χ3v) is 5.62. The number of ether oxygens (including phenoxy) is 1. The SMILES string of the molecule is NNC(c1cccnc1)C1CCOC2(CCSCC2)C1. The second kappa shape index (κ2) is 6.43. The maximum Gasteiger partial charge on any atom is 0.0701 e. The van der Waals surface area contributed by atoms with Gasteiger partial charge in [0.1, 0.15) is 0 Å². The van der Waals surface area contributed by atoms with Crippen LogP contribution in [0.4, 0.5) is 0 Å². The fourth-order valence-corrected chi connectivity index (χ4v) is 4.74. The average molecular weight is 293 g/mol. The van der Waals surface area contributed by atoms with Gasteiger partial charge < -0.3 is 4.74 Å². The molecule has 2 aliphatic heterocycles. The molecule has 0 radical (unpaired) electrons. The summed E-state index contributed by atoms with van der Waals surface area (Å²) in [5.74, 6) is 8.80. The van der Waals surface area contributed by atoms with E-state index < -0.39 is 0 Å². The Balaban J connectivity index is 1.75. The first kappa shape index (κ1) is 14.3. The van der Waals surface area contributed by atoms with E-state index >= 15 is 0 Å². The summed E-state index contributed by atoms with van der Waals surface area (Å²) < 4.78 is 6.17. The molecular weight excluding hydrogens is 270 g/mol. The molecule has 3 N–H and O–H groups in total. The predicted molar refractivity (Wildman–Crippen MR) is 82.3 cm³/mol. The van der Waals surface area contributed by atoms with Gasteiger partial charge in [0, 0.05) is 19.0 Å². The highest BCUT2D eigenvalue weighted by Crippen LogP contribution is 2.43. The largest absolute Gasteiger partial charge is 0.375 e. The molecule has 5 heteroatoms. The zero-order valence-electron chi connectivity index (χ0n) is 11.8. The van der Waals surface area contributed by atoms with Crippen molar-refractivity contribution in [3.8, 4) is 0 Å². The summed E-state index contributed by atoms with van der Waals surface area (Å²) in [6.45, 7) is 0.855. The molecule has 4 nitrogen and oxygen atoms in total. The maximum atomic E-state index is 6.17. The van der Waals surface area contributed by atoms with Crippen molar-refractivity contribution in [2.75, 3.05) is 18.1 Å². The number of nitrogens with two attached hydrogens (primary N) is 1. The van der Waals surface area contributed by atoms with Crippen molar-refractivity contribution in [2.24, 2.45) is 11.8 Å². The van der Waals surface area contributed by atoms with Gasteiger partial charge in [-0.2, -0.15) is 11.8 Å². The summed E-state index contributed by atoms with van der Waals surface area (Å²) in [5, 5.41) is 0. The number of aromatic nitrogens is 1. The van der Waals surface area contributed by atoms with Crippen molar-refractivity contribution < 1.29 is 4.74 Å². The van der Waals surface area contributed by atoms with Crippen LogP contribution in [0.25, 0.3) is 0 Å². The van der Waals surface area contributed by atoms with E-state index in [2.05, 4.69) is 16.5 Å². The van der Waals surface area contributed by atoms with E-state index in [0.29, 0.717) is 5.92 Å². The van der Waals surface area contributed by atoms with Gasteiger partial charge in [0.2, 0.25) is 0 Å². The van der Waals surface area contributed by atoms with Crippen LogP contribution in [0, 0.1) is 5.92 Å². The second-order valence-electron chi connectivity index (χ2n) is 5.83. The third-order valence-electron chi connectivity index (χ3n) is 4.63. The first-order chi connectivity index (χ1) is 9.83. The van der Waals surface area contributed by atoms with Crippen LogP contribution in [0.15, 0.2) is 24.5 Å². The Kier molecular flexibility index (Phi) is 4.61. The molecule has 3 heterocycles. The summed E-state index contributed by atoms with van der Waals surface area (Å²) >= 11 is 2.04. The topological polar surface area (TPSA) is 60.2 Å². The van der Waals surface area contributed by atoms with Crippen molar-refractivity contribution in [1.82, 2.24) is 10.4 Å². The smallest absolute Gasteiger partial charge is 0.0701 e. The lowest BCUT2D eigenvalue weighted by Crippen LogP contribution is -2.46. The highest BCUT2D eigenvalue weighted by molar-refractivity contribution is 7.99. The molecule has 2 aliphatic rings. The minimum absolute atomic E-state index is 0.103. The maximum absolute atomic E-state index is 6.17. The third kappa shape index (κ3) is 3.01. The van der Waals surface area contributed by atoms with Crippen molar-refractivity contribution >= 4 is 11.8 Å². The Labute approximate surface area is 124 Å². The Morgan fingerprint density at radius 1 is 1.45 bits per heavy atom. The number of hydrazine groups is 1. The first-order valence-corrected chi connectivity index (χ1v) is 8.56. The summed E-state index contributed by atoms with van der Waals surface area (Å²) in [6.07, 6.45) is 8.26. The molecule has 2 saturated heterocycles. The summed E-state index contributed by atoms with van der Waals surface area (Å²) in [6, 6.07) is 4.27. The van der Waals surface area contributed by atoms with E-state index in [1.165, 1.54) is 29.9 Å². The molecule has 1 spiro atoms. The van der Waals surface area contributed by atoms with Crippen LogP contribution in [0.2, 0.25) is 0 Å². The van der Waals surface area contributed by atoms with E-state index in [4.69, 9.17) is 10.6 Å². The molecule has 2 atom stereocenters.